The van der Waals surface area contributed by atoms with E-state index in [1.54, 1.807) is 16.9 Å². The normalized spacial score (nSPS) is 9.84. The lowest BCUT2D eigenvalue weighted by Gasteiger charge is -2.07. The maximum atomic E-state index is 13.2. The molecule has 0 saturated heterocycles. The number of nitrogens with two attached hydrogens (primary N) is 1. The highest BCUT2D eigenvalue weighted by molar-refractivity contribution is 5.46. The van der Waals surface area contributed by atoms with Gasteiger partial charge in [-0.25, -0.2) is 4.39 Å². The predicted molar refractivity (Wildman–Crippen MR) is 69.9 cm³/mol. The number of aromatic nitrogens is 2. The molecule has 1 aromatic heterocycles. The molecule has 0 spiro atoms. The van der Waals surface area contributed by atoms with Crippen LogP contribution in [-0.2, 0) is 13.7 Å². The Morgan fingerprint density at radius 1 is 1.47 bits per heavy atom. The fraction of sp³-hybridized carbons (Fsp3) is 0.214. The Hall–Kier alpha value is -2.32. The van der Waals surface area contributed by atoms with Crippen LogP contribution in [0.4, 0.5) is 4.39 Å². The van der Waals surface area contributed by atoms with Crippen LogP contribution in [-0.4, -0.2) is 16.3 Å². The first-order valence-corrected chi connectivity index (χ1v) is 5.78. The summed E-state index contributed by atoms with van der Waals surface area (Å²) in [5.41, 5.74) is 6.74. The molecule has 5 heteroatoms. The van der Waals surface area contributed by atoms with E-state index in [-0.39, 0.29) is 12.4 Å². The molecule has 2 N–H and O–H groups in total. The van der Waals surface area contributed by atoms with Gasteiger partial charge in [0.05, 0.1) is 18.3 Å². The molecule has 1 aromatic carbocycles. The molecule has 0 fully saturated rings. The second-order valence-corrected chi connectivity index (χ2v) is 3.96. The van der Waals surface area contributed by atoms with Crippen molar-refractivity contribution < 1.29 is 9.13 Å². The number of hydrogen-bond donors (Lipinski definition) is 1. The van der Waals surface area contributed by atoms with Gasteiger partial charge in [0, 0.05) is 18.8 Å². The van der Waals surface area contributed by atoms with E-state index in [9.17, 15) is 4.39 Å². The van der Waals surface area contributed by atoms with Crippen molar-refractivity contribution in [3.05, 3.63) is 47.5 Å². The molecule has 2 rings (SSSR count). The van der Waals surface area contributed by atoms with Gasteiger partial charge in [0.25, 0.3) is 0 Å². The molecule has 0 bridgehead atoms. The van der Waals surface area contributed by atoms with Crippen LogP contribution in [0.2, 0.25) is 0 Å². The van der Waals surface area contributed by atoms with Gasteiger partial charge in [0.15, 0.2) is 0 Å². The quantitative estimate of drug-likeness (QED) is 0.849. The van der Waals surface area contributed by atoms with Gasteiger partial charge in [-0.05, 0) is 18.2 Å². The Morgan fingerprint density at radius 3 is 3.00 bits per heavy atom. The van der Waals surface area contributed by atoms with Crippen LogP contribution >= 0.6 is 0 Å². The molecule has 0 radical (unpaired) electrons. The third-order valence-corrected chi connectivity index (χ3v) is 2.42. The number of halogens is 1. The summed E-state index contributed by atoms with van der Waals surface area (Å²) in [5.74, 6) is 5.67. The van der Waals surface area contributed by atoms with Crippen molar-refractivity contribution in [3.63, 3.8) is 0 Å². The Morgan fingerprint density at radius 2 is 2.32 bits per heavy atom. The van der Waals surface area contributed by atoms with Crippen molar-refractivity contribution >= 4 is 0 Å². The van der Waals surface area contributed by atoms with Crippen LogP contribution < -0.4 is 10.5 Å². The fourth-order valence-corrected chi connectivity index (χ4v) is 1.58. The van der Waals surface area contributed by atoms with Gasteiger partial charge in [-0.3, -0.25) is 4.68 Å². The Labute approximate surface area is 111 Å². The van der Waals surface area contributed by atoms with Crippen LogP contribution in [0.15, 0.2) is 30.6 Å². The first-order chi connectivity index (χ1) is 9.19. The fourth-order valence-electron chi connectivity index (χ4n) is 1.58. The lowest BCUT2D eigenvalue weighted by Crippen LogP contribution is -1.98. The van der Waals surface area contributed by atoms with Crippen LogP contribution in [0.1, 0.15) is 11.1 Å². The first-order valence-electron chi connectivity index (χ1n) is 5.78. The smallest absolute Gasteiger partial charge is 0.135 e. The van der Waals surface area contributed by atoms with Crippen molar-refractivity contribution in [3.8, 4) is 17.6 Å². The molecule has 0 saturated carbocycles. The summed E-state index contributed by atoms with van der Waals surface area (Å²) >= 11 is 0. The molecule has 0 atom stereocenters. The molecular weight excluding hydrogens is 245 g/mol. The molecule has 0 aliphatic rings. The van der Waals surface area contributed by atoms with Gasteiger partial charge in [-0.1, -0.05) is 11.8 Å². The SMILES string of the molecule is Cn1cc(COc2ccc(F)cc2C#CCN)cn1. The van der Waals surface area contributed by atoms with Gasteiger partial charge in [-0.2, -0.15) is 5.10 Å². The van der Waals surface area contributed by atoms with Gasteiger partial charge in [0.2, 0.25) is 0 Å². The molecular formula is C14H14FN3O. The number of hydrogen-bond acceptors (Lipinski definition) is 3. The molecule has 98 valence electrons. The molecule has 0 aliphatic carbocycles. The average Bonchev–Trinajstić information content (AvgIpc) is 2.81. The molecule has 1 heterocycles. The Bertz CT molecular complexity index is 625. The standard InChI is InChI=1S/C14H14FN3O/c1-18-9-11(8-17-18)10-19-14-5-4-13(15)7-12(14)3-2-6-16/h4-5,7-9H,6,10,16H2,1H3. The minimum atomic E-state index is -0.352. The molecule has 2 aromatic rings. The minimum absolute atomic E-state index is 0.221. The number of aryl methyl sites for hydroxylation is 1. The summed E-state index contributed by atoms with van der Waals surface area (Å²) in [4.78, 5) is 0. The van der Waals surface area contributed by atoms with Crippen LogP contribution in [0.3, 0.4) is 0 Å². The van der Waals surface area contributed by atoms with Crippen molar-refractivity contribution in [2.24, 2.45) is 12.8 Å². The largest absolute Gasteiger partial charge is 0.487 e. The molecule has 0 unspecified atom stereocenters. The van der Waals surface area contributed by atoms with Crippen LogP contribution in [0.25, 0.3) is 0 Å². The lowest BCUT2D eigenvalue weighted by molar-refractivity contribution is 0.305. The van der Waals surface area contributed by atoms with Crippen molar-refractivity contribution in [1.29, 1.82) is 0 Å². The second-order valence-electron chi connectivity index (χ2n) is 3.96. The third-order valence-electron chi connectivity index (χ3n) is 2.42. The van der Waals surface area contributed by atoms with Crippen molar-refractivity contribution in [2.45, 2.75) is 6.61 Å². The number of nitrogens with zero attached hydrogens (tertiary/aromatic N) is 2. The summed E-state index contributed by atoms with van der Waals surface area (Å²) in [7, 11) is 1.83. The van der Waals surface area contributed by atoms with E-state index in [0.29, 0.717) is 17.9 Å². The zero-order valence-corrected chi connectivity index (χ0v) is 10.6. The van der Waals surface area contributed by atoms with E-state index in [1.165, 1.54) is 12.1 Å². The minimum Gasteiger partial charge on any atom is -0.487 e. The van der Waals surface area contributed by atoms with E-state index in [1.807, 2.05) is 13.2 Å². The zero-order chi connectivity index (χ0) is 13.7. The summed E-state index contributed by atoms with van der Waals surface area (Å²) in [6, 6.07) is 4.24. The number of rotatable bonds is 3. The summed E-state index contributed by atoms with van der Waals surface area (Å²) < 4.78 is 20.5. The van der Waals surface area contributed by atoms with E-state index in [2.05, 4.69) is 16.9 Å². The number of benzene rings is 1. The first kappa shape index (κ1) is 13.1. The van der Waals surface area contributed by atoms with E-state index in [4.69, 9.17) is 10.5 Å². The Balaban J connectivity index is 2.15. The van der Waals surface area contributed by atoms with Gasteiger partial charge in [-0.15, -0.1) is 0 Å². The molecule has 0 aliphatic heterocycles. The second kappa shape index (κ2) is 6.03. The monoisotopic (exact) mass is 259 g/mol. The molecule has 19 heavy (non-hydrogen) atoms. The highest BCUT2D eigenvalue weighted by Gasteiger charge is 2.04. The highest BCUT2D eigenvalue weighted by atomic mass is 19.1. The topological polar surface area (TPSA) is 53.1 Å². The third kappa shape index (κ3) is 3.57. The van der Waals surface area contributed by atoms with Gasteiger partial charge >= 0.3 is 0 Å². The van der Waals surface area contributed by atoms with Crippen LogP contribution in [0.5, 0.6) is 5.75 Å². The lowest BCUT2D eigenvalue weighted by atomic mass is 10.2. The highest BCUT2D eigenvalue weighted by Crippen LogP contribution is 2.20. The van der Waals surface area contributed by atoms with Gasteiger partial charge in [0.1, 0.15) is 18.2 Å². The van der Waals surface area contributed by atoms with E-state index >= 15 is 0 Å². The maximum Gasteiger partial charge on any atom is 0.135 e. The Kier molecular flexibility index (Phi) is 4.16. The summed E-state index contributed by atoms with van der Waals surface area (Å²) in [5, 5.41) is 4.05. The van der Waals surface area contributed by atoms with Crippen LogP contribution in [0, 0.1) is 17.7 Å². The van der Waals surface area contributed by atoms with Crippen molar-refractivity contribution in [1.82, 2.24) is 9.78 Å². The van der Waals surface area contributed by atoms with E-state index < -0.39 is 0 Å². The average molecular weight is 259 g/mol. The van der Waals surface area contributed by atoms with Crippen molar-refractivity contribution in [2.75, 3.05) is 6.54 Å². The summed E-state index contributed by atoms with van der Waals surface area (Å²) in [6.07, 6.45) is 3.57. The molecule has 0 amide bonds. The zero-order valence-electron chi connectivity index (χ0n) is 10.6. The van der Waals surface area contributed by atoms with E-state index in [0.717, 1.165) is 5.56 Å². The molecule has 4 nitrogen and oxygen atoms in total. The number of ether oxygens (including phenoxy) is 1. The van der Waals surface area contributed by atoms with Gasteiger partial charge < -0.3 is 10.5 Å². The predicted octanol–water partition coefficient (Wildman–Crippen LogP) is 1.45. The maximum absolute atomic E-state index is 13.2. The summed E-state index contributed by atoms with van der Waals surface area (Å²) in [6.45, 7) is 0.579.